The minimum atomic E-state index is -0.890. The number of H-pyrrole nitrogens is 1. The number of aliphatic carboxylic acids is 1. The first-order valence-electron chi connectivity index (χ1n) is 6.62. The van der Waals surface area contributed by atoms with E-state index in [-0.39, 0.29) is 6.04 Å². The summed E-state index contributed by atoms with van der Waals surface area (Å²) in [5, 5.41) is 12.3. The summed E-state index contributed by atoms with van der Waals surface area (Å²) in [6, 6.07) is -0.379. The lowest BCUT2D eigenvalue weighted by Gasteiger charge is -2.18. The van der Waals surface area contributed by atoms with Crippen LogP contribution in [0, 0.1) is 12.8 Å². The van der Waals surface area contributed by atoms with Crippen LogP contribution in [0.15, 0.2) is 9.82 Å². The first-order chi connectivity index (χ1) is 9.93. The highest BCUT2D eigenvalue weighted by Gasteiger charge is 2.34. The van der Waals surface area contributed by atoms with Crippen molar-refractivity contribution in [3.8, 4) is 0 Å². The van der Waals surface area contributed by atoms with Crippen LogP contribution in [0.3, 0.4) is 0 Å². The highest BCUT2D eigenvalue weighted by atomic mass is 32.2. The van der Waals surface area contributed by atoms with Gasteiger partial charge in [-0.3, -0.25) is 9.59 Å². The molecule has 0 aromatic carbocycles. The van der Waals surface area contributed by atoms with E-state index >= 15 is 0 Å². The van der Waals surface area contributed by atoms with E-state index in [2.05, 4.69) is 15.3 Å². The molecule has 21 heavy (non-hydrogen) atoms. The van der Waals surface area contributed by atoms with Crippen molar-refractivity contribution in [2.75, 3.05) is 6.26 Å². The first-order valence-corrected chi connectivity index (χ1v) is 7.85. The van der Waals surface area contributed by atoms with Crippen molar-refractivity contribution < 1.29 is 14.7 Å². The highest BCUT2D eigenvalue weighted by molar-refractivity contribution is 7.98. The molecular weight excluding hydrogens is 294 g/mol. The van der Waals surface area contributed by atoms with E-state index < -0.39 is 23.5 Å². The fourth-order valence-corrected chi connectivity index (χ4v) is 3.27. The molecule has 1 fully saturated rings. The number of amides is 1. The smallest absolute Gasteiger partial charge is 0.346 e. The number of nitrogens with one attached hydrogen (secondary N) is 2. The Balaban J connectivity index is 2.25. The maximum Gasteiger partial charge on any atom is 0.346 e. The van der Waals surface area contributed by atoms with E-state index in [0.717, 1.165) is 6.42 Å². The van der Waals surface area contributed by atoms with Gasteiger partial charge >= 0.3 is 11.7 Å². The van der Waals surface area contributed by atoms with Crippen LogP contribution in [0.1, 0.15) is 35.3 Å². The third-order valence-corrected chi connectivity index (χ3v) is 4.34. The third kappa shape index (κ3) is 3.26. The molecule has 0 aliphatic heterocycles. The Labute approximate surface area is 125 Å². The van der Waals surface area contributed by atoms with Crippen LogP contribution < -0.4 is 11.0 Å². The van der Waals surface area contributed by atoms with Crippen molar-refractivity contribution in [2.24, 2.45) is 5.92 Å². The number of nitrogens with zero attached hydrogens (tertiary/aromatic N) is 1. The van der Waals surface area contributed by atoms with Crippen LogP contribution >= 0.6 is 11.8 Å². The van der Waals surface area contributed by atoms with Gasteiger partial charge in [0.1, 0.15) is 5.03 Å². The second-order valence-corrected chi connectivity index (χ2v) is 5.80. The van der Waals surface area contributed by atoms with Crippen molar-refractivity contribution >= 4 is 23.6 Å². The third-order valence-electron chi connectivity index (χ3n) is 3.66. The number of aromatic nitrogens is 2. The molecule has 1 aromatic heterocycles. The predicted octanol–water partition coefficient (Wildman–Crippen LogP) is 0.783. The fraction of sp³-hybridized carbons (Fsp3) is 0.538. The molecule has 2 unspecified atom stereocenters. The number of aryl methyl sites for hydroxylation is 1. The van der Waals surface area contributed by atoms with E-state index in [1.165, 1.54) is 11.8 Å². The lowest BCUT2D eigenvalue weighted by molar-refractivity contribution is -0.142. The van der Waals surface area contributed by atoms with Gasteiger partial charge in [-0.1, -0.05) is 6.42 Å². The molecule has 7 nitrogen and oxygen atoms in total. The minimum Gasteiger partial charge on any atom is -0.481 e. The molecule has 1 aromatic rings. The van der Waals surface area contributed by atoms with Gasteiger partial charge in [0.05, 0.1) is 11.5 Å². The normalized spacial score (nSPS) is 21.2. The van der Waals surface area contributed by atoms with E-state index in [9.17, 15) is 14.4 Å². The molecule has 2 atom stereocenters. The standard InChI is InChI=1S/C13H17N3O4S/c1-6-9(11(21-2)16-13(20)14-6)10(17)15-8-5-3-4-7(8)12(18)19/h7-8H,3-5H2,1-2H3,(H,15,17)(H,18,19)(H,14,16,20). The molecular formula is C13H17N3O4S. The van der Waals surface area contributed by atoms with Crippen LogP contribution in [0.5, 0.6) is 0 Å². The number of carboxylic acids is 1. The molecule has 1 saturated carbocycles. The van der Waals surface area contributed by atoms with Gasteiger partial charge in [0.25, 0.3) is 5.91 Å². The average Bonchev–Trinajstić information content (AvgIpc) is 2.85. The van der Waals surface area contributed by atoms with Crippen LogP contribution in [-0.4, -0.2) is 39.2 Å². The molecule has 1 aliphatic carbocycles. The van der Waals surface area contributed by atoms with Crippen LogP contribution in [0.25, 0.3) is 0 Å². The lowest BCUT2D eigenvalue weighted by Crippen LogP contribution is -2.41. The minimum absolute atomic E-state index is 0.304. The average molecular weight is 311 g/mol. The molecule has 8 heteroatoms. The Hall–Kier alpha value is -1.83. The van der Waals surface area contributed by atoms with Crippen molar-refractivity contribution in [3.63, 3.8) is 0 Å². The Morgan fingerprint density at radius 2 is 2.14 bits per heavy atom. The molecule has 3 N–H and O–H groups in total. The van der Waals surface area contributed by atoms with Crippen molar-refractivity contribution in [3.05, 3.63) is 21.7 Å². The summed E-state index contributed by atoms with van der Waals surface area (Å²) in [7, 11) is 0. The van der Waals surface area contributed by atoms with Gasteiger partial charge in [0.15, 0.2) is 0 Å². The van der Waals surface area contributed by atoms with Crippen molar-refractivity contribution in [2.45, 2.75) is 37.3 Å². The fourth-order valence-electron chi connectivity index (χ4n) is 2.64. The topological polar surface area (TPSA) is 112 Å². The number of hydrogen-bond donors (Lipinski definition) is 3. The summed E-state index contributed by atoms with van der Waals surface area (Å²) >= 11 is 1.21. The molecule has 0 bridgehead atoms. The van der Waals surface area contributed by atoms with E-state index in [4.69, 9.17) is 5.11 Å². The zero-order valence-corrected chi connectivity index (χ0v) is 12.6. The Morgan fingerprint density at radius 1 is 1.43 bits per heavy atom. The maximum atomic E-state index is 12.4. The molecule has 114 valence electrons. The summed E-state index contributed by atoms with van der Waals surface area (Å²) in [5.74, 6) is -1.83. The monoisotopic (exact) mass is 311 g/mol. The highest BCUT2D eigenvalue weighted by Crippen LogP contribution is 2.27. The van der Waals surface area contributed by atoms with Gasteiger partial charge in [-0.05, 0) is 26.0 Å². The van der Waals surface area contributed by atoms with E-state index in [1.807, 2.05) is 0 Å². The van der Waals surface area contributed by atoms with Gasteiger partial charge in [-0.15, -0.1) is 11.8 Å². The summed E-state index contributed by atoms with van der Waals surface area (Å²) in [5.41, 5.74) is 0.234. The lowest BCUT2D eigenvalue weighted by atomic mass is 10.0. The SMILES string of the molecule is CSc1nc(=O)[nH]c(C)c1C(=O)NC1CCCC1C(=O)O. The Kier molecular flexibility index (Phi) is 4.66. The quantitative estimate of drug-likeness (QED) is 0.559. The molecule has 0 spiro atoms. The number of rotatable bonds is 4. The summed E-state index contributed by atoms with van der Waals surface area (Å²) in [6.45, 7) is 1.63. The number of carbonyl (C=O) groups excluding carboxylic acids is 1. The van der Waals surface area contributed by atoms with E-state index in [1.54, 1.807) is 13.2 Å². The molecule has 0 saturated heterocycles. The number of carbonyl (C=O) groups is 2. The molecule has 1 amide bonds. The zero-order valence-electron chi connectivity index (χ0n) is 11.8. The maximum absolute atomic E-state index is 12.4. The molecule has 2 rings (SSSR count). The van der Waals surface area contributed by atoms with Crippen molar-refractivity contribution in [1.29, 1.82) is 0 Å². The second-order valence-electron chi connectivity index (χ2n) is 5.01. The molecule has 1 heterocycles. The number of carboxylic acid groups (broad SMARTS) is 1. The van der Waals surface area contributed by atoms with Gasteiger partial charge in [0.2, 0.25) is 0 Å². The van der Waals surface area contributed by atoms with Gasteiger partial charge in [-0.2, -0.15) is 4.98 Å². The Morgan fingerprint density at radius 3 is 2.76 bits per heavy atom. The van der Waals surface area contributed by atoms with Crippen molar-refractivity contribution in [1.82, 2.24) is 15.3 Å². The van der Waals surface area contributed by atoms with Gasteiger partial charge < -0.3 is 15.4 Å². The molecule has 1 aliphatic rings. The first kappa shape index (κ1) is 15.6. The second kappa shape index (κ2) is 6.30. The van der Waals surface area contributed by atoms with Crippen LogP contribution in [0.2, 0.25) is 0 Å². The van der Waals surface area contributed by atoms with Gasteiger partial charge in [0, 0.05) is 11.7 Å². The van der Waals surface area contributed by atoms with Crippen LogP contribution in [-0.2, 0) is 4.79 Å². The molecule has 0 radical (unpaired) electrons. The summed E-state index contributed by atoms with van der Waals surface area (Å²) < 4.78 is 0. The largest absolute Gasteiger partial charge is 0.481 e. The summed E-state index contributed by atoms with van der Waals surface area (Å²) in [4.78, 5) is 41.2. The van der Waals surface area contributed by atoms with E-state index in [0.29, 0.717) is 29.1 Å². The predicted molar refractivity (Wildman–Crippen MR) is 77.6 cm³/mol. The van der Waals surface area contributed by atoms with Crippen LogP contribution in [0.4, 0.5) is 0 Å². The number of thioether (sulfide) groups is 1. The zero-order chi connectivity index (χ0) is 15.6. The van der Waals surface area contributed by atoms with Gasteiger partial charge in [-0.25, -0.2) is 4.79 Å². The number of hydrogen-bond acceptors (Lipinski definition) is 5. The number of aromatic amines is 1. The Bertz CT molecular complexity index is 628. The summed E-state index contributed by atoms with van der Waals surface area (Å²) in [6.07, 6.45) is 3.72.